The highest BCUT2D eigenvalue weighted by Gasteiger charge is 2.50. The maximum atomic E-state index is 12.8. The first kappa shape index (κ1) is 15.0. The van der Waals surface area contributed by atoms with Crippen molar-refractivity contribution in [2.24, 2.45) is 17.8 Å². The molecule has 1 saturated carbocycles. The van der Waals surface area contributed by atoms with Gasteiger partial charge >= 0.3 is 0 Å². The maximum Gasteiger partial charge on any atom is 0.249 e. The summed E-state index contributed by atoms with van der Waals surface area (Å²) in [6.07, 6.45) is 1.56. The van der Waals surface area contributed by atoms with Crippen LogP contribution in [0, 0.1) is 17.8 Å². The molecule has 19 heavy (non-hydrogen) atoms. The third-order valence-corrected chi connectivity index (χ3v) is 4.77. The lowest BCUT2D eigenvalue weighted by Crippen LogP contribution is -2.47. The van der Waals surface area contributed by atoms with E-state index in [4.69, 9.17) is 0 Å². The first-order valence-corrected chi connectivity index (χ1v) is 6.92. The topological polar surface area (TPSA) is 32.3 Å². The number of nitrogens with one attached hydrogen (secondary N) is 1. The summed E-state index contributed by atoms with van der Waals surface area (Å²) in [5.74, 6) is -1.70. The van der Waals surface area contributed by atoms with Gasteiger partial charge in [0.05, 0.1) is 0 Å². The van der Waals surface area contributed by atoms with Crippen molar-refractivity contribution >= 4 is 18.3 Å². The van der Waals surface area contributed by atoms with E-state index in [1.807, 2.05) is 4.90 Å². The quantitative estimate of drug-likeness (QED) is 0.801. The van der Waals surface area contributed by atoms with Crippen molar-refractivity contribution in [1.29, 1.82) is 0 Å². The SMILES string of the molecule is Cl.O=C(C1CC(F)(F)C1)N1CC[C@@H]2CNC[C@@H]2CC1. The molecule has 110 valence electrons. The number of carbonyl (C=O) groups excluding carboxylic acids is 1. The fourth-order valence-corrected chi connectivity index (χ4v) is 3.53. The molecule has 2 atom stereocenters. The van der Waals surface area contributed by atoms with Gasteiger partial charge in [-0.15, -0.1) is 12.4 Å². The number of rotatable bonds is 1. The molecule has 0 aromatic carbocycles. The summed E-state index contributed by atoms with van der Waals surface area (Å²) in [5, 5.41) is 3.39. The van der Waals surface area contributed by atoms with E-state index in [0.717, 1.165) is 39.0 Å². The second-order valence-corrected chi connectivity index (χ2v) is 6.04. The van der Waals surface area contributed by atoms with Crippen molar-refractivity contribution in [2.75, 3.05) is 26.2 Å². The summed E-state index contributed by atoms with van der Waals surface area (Å²) in [6.45, 7) is 3.61. The molecule has 0 bridgehead atoms. The van der Waals surface area contributed by atoms with E-state index in [0.29, 0.717) is 11.8 Å². The number of fused-ring (bicyclic) bond motifs is 1. The summed E-state index contributed by atoms with van der Waals surface area (Å²) < 4.78 is 25.6. The molecular formula is C13H21ClF2N2O. The molecule has 1 aliphatic carbocycles. The van der Waals surface area contributed by atoms with E-state index in [2.05, 4.69) is 5.32 Å². The average molecular weight is 295 g/mol. The summed E-state index contributed by atoms with van der Waals surface area (Å²) in [6, 6.07) is 0. The first-order chi connectivity index (χ1) is 8.55. The van der Waals surface area contributed by atoms with Crippen LogP contribution in [0.1, 0.15) is 25.7 Å². The molecule has 0 unspecified atom stereocenters. The molecule has 0 spiro atoms. The van der Waals surface area contributed by atoms with Gasteiger partial charge in [-0.2, -0.15) is 0 Å². The van der Waals surface area contributed by atoms with Crippen LogP contribution in [-0.4, -0.2) is 42.9 Å². The van der Waals surface area contributed by atoms with Gasteiger partial charge in [0.2, 0.25) is 11.8 Å². The highest BCUT2D eigenvalue weighted by molar-refractivity contribution is 5.85. The number of likely N-dealkylation sites (tertiary alicyclic amines) is 1. The average Bonchev–Trinajstić information content (AvgIpc) is 2.64. The molecule has 1 amide bonds. The number of alkyl halides is 2. The number of halogens is 3. The third kappa shape index (κ3) is 3.02. The van der Waals surface area contributed by atoms with Crippen LogP contribution < -0.4 is 5.32 Å². The molecule has 3 nitrogen and oxygen atoms in total. The van der Waals surface area contributed by atoms with Crippen molar-refractivity contribution in [1.82, 2.24) is 10.2 Å². The molecule has 3 rings (SSSR count). The van der Waals surface area contributed by atoms with Crippen LogP contribution in [-0.2, 0) is 4.79 Å². The molecule has 0 aromatic rings. The van der Waals surface area contributed by atoms with Crippen LogP contribution in [0.15, 0.2) is 0 Å². The minimum atomic E-state index is -2.59. The van der Waals surface area contributed by atoms with Gasteiger partial charge in [-0.3, -0.25) is 4.79 Å². The standard InChI is InChI=1S/C13H20F2N2O.ClH/c14-13(15)5-11(6-13)12(18)17-3-1-9-7-16-8-10(9)2-4-17;/h9-11,16H,1-8H2;1H/t9-,10+;. The van der Waals surface area contributed by atoms with Crippen LogP contribution in [0.2, 0.25) is 0 Å². The maximum absolute atomic E-state index is 12.8. The van der Waals surface area contributed by atoms with Crippen LogP contribution in [0.4, 0.5) is 8.78 Å². The molecule has 2 saturated heterocycles. The van der Waals surface area contributed by atoms with Gasteiger partial charge in [-0.1, -0.05) is 0 Å². The van der Waals surface area contributed by atoms with Crippen molar-refractivity contribution in [2.45, 2.75) is 31.6 Å². The van der Waals surface area contributed by atoms with E-state index in [9.17, 15) is 13.6 Å². The van der Waals surface area contributed by atoms with Crippen molar-refractivity contribution in [3.63, 3.8) is 0 Å². The van der Waals surface area contributed by atoms with Crippen molar-refractivity contribution in [3.05, 3.63) is 0 Å². The van der Waals surface area contributed by atoms with Crippen LogP contribution in [0.3, 0.4) is 0 Å². The minimum Gasteiger partial charge on any atom is -0.342 e. The zero-order chi connectivity index (χ0) is 12.8. The third-order valence-electron chi connectivity index (χ3n) is 4.77. The van der Waals surface area contributed by atoms with E-state index >= 15 is 0 Å². The van der Waals surface area contributed by atoms with Gasteiger partial charge in [-0.25, -0.2) is 8.78 Å². The first-order valence-electron chi connectivity index (χ1n) is 6.92. The second-order valence-electron chi connectivity index (χ2n) is 6.04. The Morgan fingerprint density at radius 1 is 1.11 bits per heavy atom. The molecule has 2 heterocycles. The van der Waals surface area contributed by atoms with Crippen molar-refractivity contribution in [3.8, 4) is 0 Å². The highest BCUT2D eigenvalue weighted by atomic mass is 35.5. The number of nitrogens with zero attached hydrogens (tertiary/aromatic N) is 1. The summed E-state index contributed by atoms with van der Waals surface area (Å²) in [5.41, 5.74) is 0. The zero-order valence-corrected chi connectivity index (χ0v) is 11.7. The summed E-state index contributed by atoms with van der Waals surface area (Å²) in [7, 11) is 0. The van der Waals surface area contributed by atoms with Gasteiger partial charge in [0.1, 0.15) is 0 Å². The van der Waals surface area contributed by atoms with E-state index in [1.54, 1.807) is 0 Å². The molecule has 3 fully saturated rings. The molecule has 3 aliphatic rings. The second kappa shape index (κ2) is 5.52. The summed E-state index contributed by atoms with van der Waals surface area (Å²) >= 11 is 0. The Morgan fingerprint density at radius 3 is 2.11 bits per heavy atom. The highest BCUT2D eigenvalue weighted by Crippen LogP contribution is 2.43. The number of carbonyl (C=O) groups is 1. The number of amides is 1. The van der Waals surface area contributed by atoms with Gasteiger partial charge in [0.15, 0.2) is 0 Å². The largest absolute Gasteiger partial charge is 0.342 e. The smallest absolute Gasteiger partial charge is 0.249 e. The van der Waals surface area contributed by atoms with Crippen LogP contribution >= 0.6 is 12.4 Å². The Bertz CT molecular complexity index is 332. The molecule has 2 aliphatic heterocycles. The molecule has 0 radical (unpaired) electrons. The predicted octanol–water partition coefficient (Wildman–Crippen LogP) is 1.91. The molecule has 1 N–H and O–H groups in total. The van der Waals surface area contributed by atoms with Gasteiger partial charge in [0.25, 0.3) is 0 Å². The monoisotopic (exact) mass is 294 g/mol. The number of hydrogen-bond acceptors (Lipinski definition) is 2. The zero-order valence-electron chi connectivity index (χ0n) is 10.9. The molecule has 6 heteroatoms. The van der Waals surface area contributed by atoms with E-state index in [1.165, 1.54) is 0 Å². The lowest BCUT2D eigenvalue weighted by atomic mass is 9.80. The van der Waals surface area contributed by atoms with Gasteiger partial charge in [0, 0.05) is 31.8 Å². The Kier molecular flexibility index (Phi) is 4.35. The normalized spacial score (nSPS) is 33.9. The fourth-order valence-electron chi connectivity index (χ4n) is 3.53. The Hall–Kier alpha value is -0.420. The summed E-state index contributed by atoms with van der Waals surface area (Å²) in [4.78, 5) is 13.9. The predicted molar refractivity (Wildman–Crippen MR) is 70.6 cm³/mol. The minimum absolute atomic E-state index is 0. The molecular weight excluding hydrogens is 274 g/mol. The van der Waals surface area contributed by atoms with Crippen molar-refractivity contribution < 1.29 is 13.6 Å². The lowest BCUT2D eigenvalue weighted by Gasteiger charge is -2.37. The van der Waals surface area contributed by atoms with Crippen LogP contribution in [0.5, 0.6) is 0 Å². The van der Waals surface area contributed by atoms with Crippen LogP contribution in [0.25, 0.3) is 0 Å². The van der Waals surface area contributed by atoms with E-state index in [-0.39, 0.29) is 31.2 Å². The number of hydrogen-bond donors (Lipinski definition) is 1. The van der Waals surface area contributed by atoms with Gasteiger partial charge in [-0.05, 0) is 37.8 Å². The van der Waals surface area contributed by atoms with Gasteiger partial charge < -0.3 is 10.2 Å². The molecule has 0 aromatic heterocycles. The Morgan fingerprint density at radius 2 is 1.63 bits per heavy atom. The Balaban J connectivity index is 0.00000133. The lowest BCUT2D eigenvalue weighted by molar-refractivity contribution is -0.159. The fraction of sp³-hybridized carbons (Fsp3) is 0.923. The van der Waals surface area contributed by atoms with E-state index < -0.39 is 11.8 Å². The Labute approximate surface area is 118 Å².